The Hall–Kier alpha value is -0.860. The predicted molar refractivity (Wildman–Crippen MR) is 89.2 cm³/mol. The van der Waals surface area contributed by atoms with Gasteiger partial charge in [-0.05, 0) is 55.4 Å². The number of hydrogen-bond acceptors (Lipinski definition) is 1. The van der Waals surface area contributed by atoms with Crippen LogP contribution in [0.25, 0.3) is 0 Å². The highest BCUT2D eigenvalue weighted by Gasteiger charge is 2.35. The van der Waals surface area contributed by atoms with Gasteiger partial charge in [-0.25, -0.2) is 0 Å². The molecule has 1 saturated carbocycles. The van der Waals surface area contributed by atoms with Crippen LogP contribution in [-0.4, -0.2) is 6.61 Å². The minimum atomic E-state index is -1.64. The van der Waals surface area contributed by atoms with Gasteiger partial charge in [0.05, 0.1) is 0 Å². The van der Waals surface area contributed by atoms with Crippen molar-refractivity contribution >= 4 is 0 Å². The van der Waals surface area contributed by atoms with E-state index >= 15 is 0 Å². The molecule has 130 valence electrons. The molecule has 23 heavy (non-hydrogen) atoms. The molecule has 3 heteroatoms. The summed E-state index contributed by atoms with van der Waals surface area (Å²) in [4.78, 5) is 0. The summed E-state index contributed by atoms with van der Waals surface area (Å²) in [5.74, 6) is 2.37. The molecule has 1 heterocycles. The third-order valence-electron chi connectivity index (χ3n) is 6.31. The highest BCUT2D eigenvalue weighted by atomic mass is 19.3. The van der Waals surface area contributed by atoms with Gasteiger partial charge in [0.25, 0.3) is 0 Å². The predicted octanol–water partition coefficient (Wildman–Crippen LogP) is 6.61. The number of rotatable bonds is 5. The zero-order valence-corrected chi connectivity index (χ0v) is 14.4. The smallest absolute Gasteiger partial charge is 0.312 e. The van der Waals surface area contributed by atoms with E-state index in [0.717, 1.165) is 42.2 Å². The standard InChI is InChI=1S/C20H30F2O/c1-2-3-4-5-14-6-8-15(9-7-14)16-10-11-18-17(12-16)13-23-19(18)20(21)22/h14-16H,2-13H2,1H3. The Morgan fingerprint density at radius 2 is 1.83 bits per heavy atom. The van der Waals surface area contributed by atoms with Gasteiger partial charge in [-0.1, -0.05) is 45.4 Å². The molecule has 1 atom stereocenters. The van der Waals surface area contributed by atoms with E-state index in [4.69, 9.17) is 4.74 Å². The zero-order chi connectivity index (χ0) is 16.2. The van der Waals surface area contributed by atoms with Crippen molar-refractivity contribution in [3.05, 3.63) is 23.0 Å². The molecule has 0 aromatic carbocycles. The van der Waals surface area contributed by atoms with Gasteiger partial charge in [-0.3, -0.25) is 0 Å². The Kier molecular flexibility index (Phi) is 5.76. The van der Waals surface area contributed by atoms with E-state index in [0.29, 0.717) is 12.5 Å². The average molecular weight is 324 g/mol. The Labute approximate surface area is 139 Å². The first kappa shape index (κ1) is 17.0. The van der Waals surface area contributed by atoms with Crippen LogP contribution in [0.2, 0.25) is 0 Å². The fourth-order valence-electron chi connectivity index (χ4n) is 4.92. The molecule has 0 bridgehead atoms. The Morgan fingerprint density at radius 3 is 2.52 bits per heavy atom. The lowest BCUT2D eigenvalue weighted by atomic mass is 9.69. The summed E-state index contributed by atoms with van der Waals surface area (Å²) in [7, 11) is 0. The Balaban J connectivity index is 1.50. The summed E-state index contributed by atoms with van der Waals surface area (Å²) in [6.07, 6.45) is 12.2. The van der Waals surface area contributed by atoms with Crippen molar-refractivity contribution in [3.63, 3.8) is 0 Å². The van der Waals surface area contributed by atoms with E-state index in [2.05, 4.69) is 6.92 Å². The number of allylic oxidation sites excluding steroid dienone is 1. The summed E-state index contributed by atoms with van der Waals surface area (Å²) in [6, 6.07) is 0. The van der Waals surface area contributed by atoms with Crippen molar-refractivity contribution in [1.29, 1.82) is 0 Å². The van der Waals surface area contributed by atoms with Gasteiger partial charge in [0.1, 0.15) is 6.61 Å². The van der Waals surface area contributed by atoms with E-state index in [-0.39, 0.29) is 5.76 Å². The largest absolute Gasteiger partial charge is 0.483 e. The van der Waals surface area contributed by atoms with Crippen molar-refractivity contribution in [2.45, 2.75) is 77.6 Å². The maximum Gasteiger partial charge on any atom is 0.312 e. The van der Waals surface area contributed by atoms with Crippen LogP contribution in [0.4, 0.5) is 8.78 Å². The van der Waals surface area contributed by atoms with Gasteiger partial charge in [-0.15, -0.1) is 0 Å². The second kappa shape index (κ2) is 7.81. The molecule has 1 unspecified atom stereocenters. The first-order chi connectivity index (χ1) is 11.2. The number of unbranched alkanes of at least 4 members (excludes halogenated alkanes) is 2. The van der Waals surface area contributed by atoms with E-state index in [1.165, 1.54) is 51.4 Å². The molecule has 1 nitrogen and oxygen atoms in total. The lowest BCUT2D eigenvalue weighted by molar-refractivity contribution is 0.182. The van der Waals surface area contributed by atoms with Crippen LogP contribution < -0.4 is 0 Å². The Morgan fingerprint density at radius 1 is 1.04 bits per heavy atom. The number of ether oxygens (including phenoxy) is 1. The fraction of sp³-hybridized carbons (Fsp3) is 0.800. The van der Waals surface area contributed by atoms with Crippen molar-refractivity contribution < 1.29 is 13.5 Å². The summed E-state index contributed by atoms with van der Waals surface area (Å²) >= 11 is 0. The highest BCUT2D eigenvalue weighted by Crippen LogP contribution is 2.46. The lowest BCUT2D eigenvalue weighted by Gasteiger charge is -2.36. The molecule has 0 radical (unpaired) electrons. The molecule has 1 fully saturated rings. The number of halogens is 2. The van der Waals surface area contributed by atoms with Crippen LogP contribution in [0.5, 0.6) is 0 Å². The van der Waals surface area contributed by atoms with Gasteiger partial charge in [0, 0.05) is 5.57 Å². The van der Waals surface area contributed by atoms with E-state index < -0.39 is 6.08 Å². The van der Waals surface area contributed by atoms with Crippen molar-refractivity contribution in [1.82, 2.24) is 0 Å². The third kappa shape index (κ3) is 3.97. The molecule has 1 aliphatic heterocycles. The van der Waals surface area contributed by atoms with Gasteiger partial charge < -0.3 is 4.74 Å². The van der Waals surface area contributed by atoms with Gasteiger partial charge >= 0.3 is 6.08 Å². The van der Waals surface area contributed by atoms with E-state index in [1.54, 1.807) is 0 Å². The van der Waals surface area contributed by atoms with Crippen molar-refractivity contribution in [2.75, 3.05) is 6.61 Å². The average Bonchev–Trinajstić information content (AvgIpc) is 2.99. The van der Waals surface area contributed by atoms with Crippen molar-refractivity contribution in [2.24, 2.45) is 17.8 Å². The van der Waals surface area contributed by atoms with Gasteiger partial charge in [-0.2, -0.15) is 8.78 Å². The Bertz CT molecular complexity index is 468. The van der Waals surface area contributed by atoms with Crippen LogP contribution >= 0.6 is 0 Å². The highest BCUT2D eigenvalue weighted by molar-refractivity contribution is 5.38. The summed E-state index contributed by atoms with van der Waals surface area (Å²) < 4.78 is 30.9. The minimum Gasteiger partial charge on any atom is -0.483 e. The second-order valence-corrected chi connectivity index (χ2v) is 7.74. The van der Waals surface area contributed by atoms with Crippen molar-refractivity contribution in [3.8, 4) is 0 Å². The molecule has 0 saturated heterocycles. The van der Waals surface area contributed by atoms with Crippen LogP contribution in [0, 0.1) is 17.8 Å². The molecule has 0 aromatic rings. The maximum absolute atomic E-state index is 12.9. The lowest BCUT2D eigenvalue weighted by Crippen LogP contribution is -2.24. The zero-order valence-electron chi connectivity index (χ0n) is 14.4. The van der Waals surface area contributed by atoms with Crippen LogP contribution in [0.1, 0.15) is 77.6 Å². The topological polar surface area (TPSA) is 9.23 Å². The fourth-order valence-corrected chi connectivity index (χ4v) is 4.92. The molecular formula is C20H30F2O. The van der Waals surface area contributed by atoms with Gasteiger partial charge in [0.2, 0.25) is 0 Å². The van der Waals surface area contributed by atoms with Crippen LogP contribution in [0.3, 0.4) is 0 Å². The summed E-state index contributed by atoms with van der Waals surface area (Å²) in [5, 5.41) is 0. The minimum absolute atomic E-state index is 0.0990. The monoisotopic (exact) mass is 324 g/mol. The molecule has 0 N–H and O–H groups in total. The first-order valence-electron chi connectivity index (χ1n) is 9.58. The van der Waals surface area contributed by atoms with E-state index in [9.17, 15) is 8.78 Å². The maximum atomic E-state index is 12.9. The normalized spacial score (nSPS) is 31.1. The molecule has 3 aliphatic rings. The molecule has 0 aromatic heterocycles. The second-order valence-electron chi connectivity index (χ2n) is 7.74. The molecule has 0 spiro atoms. The number of hydrogen-bond donors (Lipinski definition) is 0. The summed E-state index contributed by atoms with van der Waals surface area (Å²) in [5.41, 5.74) is 1.99. The van der Waals surface area contributed by atoms with Crippen LogP contribution in [0.15, 0.2) is 23.0 Å². The molecule has 2 aliphatic carbocycles. The molecule has 3 rings (SSSR count). The molecular weight excluding hydrogens is 294 g/mol. The van der Waals surface area contributed by atoms with Gasteiger partial charge in [0.15, 0.2) is 5.76 Å². The SMILES string of the molecule is CCCCCC1CCC(C2CCC3=C(COC3=C(F)F)C2)CC1. The van der Waals surface area contributed by atoms with E-state index in [1.807, 2.05) is 0 Å². The van der Waals surface area contributed by atoms with Crippen LogP contribution in [-0.2, 0) is 4.74 Å². The molecule has 0 amide bonds. The first-order valence-corrected chi connectivity index (χ1v) is 9.58. The quantitative estimate of drug-likeness (QED) is 0.517. The summed E-state index contributed by atoms with van der Waals surface area (Å²) in [6.45, 7) is 2.68. The third-order valence-corrected chi connectivity index (χ3v) is 6.31.